The van der Waals surface area contributed by atoms with Crippen molar-refractivity contribution >= 4 is 49.3 Å². The average Bonchev–Trinajstić information content (AvgIpc) is 3.55. The molecule has 1 amide bonds. The smallest absolute Gasteiger partial charge is 0.222 e. The first-order chi connectivity index (χ1) is 16.5. The number of likely N-dealkylation sites (tertiary alicyclic amines) is 1. The van der Waals surface area contributed by atoms with Gasteiger partial charge in [-0.05, 0) is 45.1 Å². The molecular formula is C25H32N6O2S. The monoisotopic (exact) mass is 480 g/mol. The second-order valence-electron chi connectivity index (χ2n) is 10.3. The van der Waals surface area contributed by atoms with Crippen LogP contribution in [0.25, 0.3) is 20.4 Å². The Morgan fingerprint density at radius 3 is 2.79 bits per heavy atom. The first kappa shape index (κ1) is 22.0. The van der Waals surface area contributed by atoms with Crippen molar-refractivity contribution in [2.24, 2.45) is 0 Å². The Hall–Kier alpha value is -2.52. The second kappa shape index (κ2) is 8.61. The van der Waals surface area contributed by atoms with Crippen LogP contribution >= 0.6 is 11.3 Å². The van der Waals surface area contributed by atoms with Gasteiger partial charge in [-0.25, -0.2) is 15.0 Å². The lowest BCUT2D eigenvalue weighted by atomic mass is 9.90. The van der Waals surface area contributed by atoms with Crippen molar-refractivity contribution in [3.8, 4) is 0 Å². The van der Waals surface area contributed by atoms with E-state index in [4.69, 9.17) is 14.7 Å². The molecule has 3 aromatic rings. The van der Waals surface area contributed by atoms with Crippen LogP contribution in [0.5, 0.6) is 0 Å². The highest BCUT2D eigenvalue weighted by molar-refractivity contribution is 7.26. The number of nitrogens with one attached hydrogen (secondary N) is 1. The molecule has 3 aromatic heterocycles. The van der Waals surface area contributed by atoms with Crippen molar-refractivity contribution in [3.05, 3.63) is 17.5 Å². The summed E-state index contributed by atoms with van der Waals surface area (Å²) in [6, 6.07) is 0. The number of anilines is 2. The highest BCUT2D eigenvalue weighted by atomic mass is 32.1. The van der Waals surface area contributed by atoms with E-state index in [0.717, 1.165) is 78.7 Å². The summed E-state index contributed by atoms with van der Waals surface area (Å²) in [5.41, 5.74) is 3.35. The van der Waals surface area contributed by atoms with E-state index >= 15 is 0 Å². The Morgan fingerprint density at radius 1 is 1.15 bits per heavy atom. The van der Waals surface area contributed by atoms with Crippen molar-refractivity contribution in [2.45, 2.75) is 64.6 Å². The number of carbonyl (C=O) groups is 1. The number of carbonyl (C=O) groups excluding carboxylic acids is 1. The first-order valence-electron chi connectivity index (χ1n) is 12.5. The molecule has 3 aliphatic rings. The van der Waals surface area contributed by atoms with E-state index in [1.54, 1.807) is 17.7 Å². The lowest BCUT2D eigenvalue weighted by molar-refractivity contribution is -0.127. The van der Waals surface area contributed by atoms with Gasteiger partial charge >= 0.3 is 0 Å². The second-order valence-corrected chi connectivity index (χ2v) is 11.3. The fraction of sp³-hybridized carbons (Fsp3) is 0.600. The number of amides is 1. The molecule has 34 heavy (non-hydrogen) atoms. The molecule has 0 unspecified atom stereocenters. The molecule has 2 fully saturated rings. The van der Waals surface area contributed by atoms with Gasteiger partial charge in [-0.2, -0.15) is 0 Å². The highest BCUT2D eigenvalue weighted by Gasteiger charge is 2.33. The van der Waals surface area contributed by atoms with E-state index in [1.807, 2.05) is 4.90 Å². The Bertz CT molecular complexity index is 1250. The van der Waals surface area contributed by atoms with Crippen molar-refractivity contribution in [3.63, 3.8) is 0 Å². The maximum absolute atomic E-state index is 11.9. The molecule has 0 atom stereocenters. The molecule has 0 radical (unpaired) electrons. The van der Waals surface area contributed by atoms with E-state index in [9.17, 15) is 4.79 Å². The Balaban J connectivity index is 1.35. The number of aromatic nitrogens is 3. The predicted molar refractivity (Wildman–Crippen MR) is 136 cm³/mol. The zero-order valence-corrected chi connectivity index (χ0v) is 20.8. The molecule has 2 saturated heterocycles. The van der Waals surface area contributed by atoms with Crippen LogP contribution in [-0.2, 0) is 22.6 Å². The number of hydrogen-bond donors (Lipinski definition) is 1. The summed E-state index contributed by atoms with van der Waals surface area (Å²) in [6.07, 6.45) is 7.53. The summed E-state index contributed by atoms with van der Waals surface area (Å²) < 4.78 is 7.29. The van der Waals surface area contributed by atoms with E-state index in [2.05, 4.69) is 29.0 Å². The molecule has 0 bridgehead atoms. The quantitative estimate of drug-likeness (QED) is 0.532. The summed E-state index contributed by atoms with van der Waals surface area (Å²) in [5, 5.41) is 4.68. The number of pyridine rings is 1. The Labute approximate surface area is 203 Å². The minimum atomic E-state index is -0.209. The number of rotatable bonds is 6. The number of fused-ring (bicyclic) bond motifs is 5. The van der Waals surface area contributed by atoms with Gasteiger partial charge in [0.25, 0.3) is 0 Å². The molecule has 0 spiro atoms. The van der Waals surface area contributed by atoms with Gasteiger partial charge in [-0.3, -0.25) is 4.79 Å². The van der Waals surface area contributed by atoms with Gasteiger partial charge in [0.2, 0.25) is 5.91 Å². The minimum Gasteiger partial charge on any atom is -0.370 e. The van der Waals surface area contributed by atoms with Crippen molar-refractivity contribution in [1.29, 1.82) is 0 Å². The van der Waals surface area contributed by atoms with Crippen LogP contribution in [-0.4, -0.2) is 64.1 Å². The topological polar surface area (TPSA) is 83.5 Å². The number of ether oxygens (including phenoxy) is 1. The van der Waals surface area contributed by atoms with Gasteiger partial charge in [0.15, 0.2) is 0 Å². The van der Waals surface area contributed by atoms with Gasteiger partial charge < -0.3 is 19.9 Å². The minimum absolute atomic E-state index is 0.209. The van der Waals surface area contributed by atoms with Gasteiger partial charge in [0, 0.05) is 56.5 Å². The third kappa shape index (κ3) is 3.88. The molecule has 0 saturated carbocycles. The lowest BCUT2D eigenvalue weighted by Crippen LogP contribution is -2.33. The molecule has 180 valence electrons. The van der Waals surface area contributed by atoms with Crippen LogP contribution in [0.3, 0.4) is 0 Å². The lowest BCUT2D eigenvalue weighted by Gasteiger charge is -2.34. The van der Waals surface area contributed by atoms with Crippen molar-refractivity contribution < 1.29 is 9.53 Å². The molecular weight excluding hydrogens is 448 g/mol. The zero-order chi connectivity index (χ0) is 23.3. The standard InChI is InChI=1S/C25H32N6O2S/c1-25(2)13-16-17(14-33-25)23(31-9-3-4-10-31)29-24-19(16)20-21(34-24)22(28-15-27-20)26-8-6-12-30-11-5-7-18(30)32/h15H,3-14H2,1-2H3,(H,26,27,28). The fourth-order valence-corrected chi connectivity index (χ4v) is 6.64. The molecule has 6 rings (SSSR count). The van der Waals surface area contributed by atoms with Crippen LogP contribution in [0.4, 0.5) is 11.6 Å². The molecule has 0 aromatic carbocycles. The average molecular weight is 481 g/mol. The molecule has 3 aliphatic heterocycles. The Morgan fingerprint density at radius 2 is 2.00 bits per heavy atom. The normalized spacial score (nSPS) is 20.0. The highest BCUT2D eigenvalue weighted by Crippen LogP contribution is 2.44. The van der Waals surface area contributed by atoms with Crippen LogP contribution in [0.2, 0.25) is 0 Å². The summed E-state index contributed by atoms with van der Waals surface area (Å²) in [4.78, 5) is 31.8. The van der Waals surface area contributed by atoms with Crippen LogP contribution < -0.4 is 10.2 Å². The van der Waals surface area contributed by atoms with Crippen LogP contribution in [0, 0.1) is 0 Å². The van der Waals surface area contributed by atoms with Gasteiger partial charge in [0.05, 0.1) is 22.4 Å². The maximum atomic E-state index is 11.9. The molecule has 9 heteroatoms. The molecule has 6 heterocycles. The van der Waals surface area contributed by atoms with Crippen LogP contribution in [0.15, 0.2) is 6.33 Å². The third-order valence-electron chi connectivity index (χ3n) is 7.28. The van der Waals surface area contributed by atoms with Gasteiger partial charge in [-0.1, -0.05) is 0 Å². The SMILES string of the molecule is CC1(C)Cc2c(c(N3CCCC3)nc3sc4c(NCCCN5CCCC5=O)ncnc4c23)CO1. The summed E-state index contributed by atoms with van der Waals surface area (Å²) in [5.74, 6) is 2.24. The molecule has 8 nitrogen and oxygen atoms in total. The van der Waals surface area contributed by atoms with E-state index in [0.29, 0.717) is 13.0 Å². The number of nitrogens with zero attached hydrogens (tertiary/aromatic N) is 5. The van der Waals surface area contributed by atoms with Crippen LogP contribution in [0.1, 0.15) is 57.1 Å². The van der Waals surface area contributed by atoms with E-state index < -0.39 is 0 Å². The number of hydrogen-bond acceptors (Lipinski definition) is 8. The fourth-order valence-electron chi connectivity index (χ4n) is 5.52. The molecule has 0 aliphatic carbocycles. The number of thiophene rings is 1. The summed E-state index contributed by atoms with van der Waals surface area (Å²) >= 11 is 1.69. The van der Waals surface area contributed by atoms with E-state index in [1.165, 1.54) is 29.4 Å². The largest absolute Gasteiger partial charge is 0.370 e. The molecule has 1 N–H and O–H groups in total. The zero-order valence-electron chi connectivity index (χ0n) is 20.0. The van der Waals surface area contributed by atoms with Crippen molar-refractivity contribution in [1.82, 2.24) is 19.9 Å². The van der Waals surface area contributed by atoms with E-state index in [-0.39, 0.29) is 11.5 Å². The van der Waals surface area contributed by atoms with Gasteiger partial charge in [0.1, 0.15) is 22.8 Å². The van der Waals surface area contributed by atoms with Crippen molar-refractivity contribution in [2.75, 3.05) is 42.9 Å². The summed E-state index contributed by atoms with van der Waals surface area (Å²) in [6.45, 7) is 9.52. The maximum Gasteiger partial charge on any atom is 0.222 e. The first-order valence-corrected chi connectivity index (χ1v) is 13.3. The summed E-state index contributed by atoms with van der Waals surface area (Å²) in [7, 11) is 0. The van der Waals surface area contributed by atoms with Gasteiger partial charge in [-0.15, -0.1) is 11.3 Å². The predicted octanol–water partition coefficient (Wildman–Crippen LogP) is 4.12. The Kier molecular flexibility index (Phi) is 5.56. The third-order valence-corrected chi connectivity index (χ3v) is 8.36.